The third-order valence-corrected chi connectivity index (χ3v) is 2.34. The van der Waals surface area contributed by atoms with Crippen LogP contribution in [0, 0.1) is 0 Å². The van der Waals surface area contributed by atoms with Crippen molar-refractivity contribution in [3.8, 4) is 0 Å². The van der Waals surface area contributed by atoms with Crippen molar-refractivity contribution in [3.05, 3.63) is 0 Å². The minimum atomic E-state index is 0.174. The topological polar surface area (TPSA) is 30.5 Å². The van der Waals surface area contributed by atoms with Crippen molar-refractivity contribution in [1.29, 1.82) is 0 Å². The monoisotopic (exact) mass is 217 g/mol. The van der Waals surface area contributed by atoms with Gasteiger partial charge in [0, 0.05) is 19.7 Å². The minimum absolute atomic E-state index is 0.174. The Balaban J connectivity index is 3.51. The van der Waals surface area contributed by atoms with Crippen molar-refractivity contribution in [1.82, 2.24) is 5.32 Å². The Morgan fingerprint density at radius 1 is 1.13 bits per heavy atom. The molecule has 0 aliphatic carbocycles. The van der Waals surface area contributed by atoms with E-state index in [2.05, 4.69) is 26.1 Å². The van der Waals surface area contributed by atoms with Gasteiger partial charge in [0.15, 0.2) is 0 Å². The molecule has 0 spiro atoms. The molecule has 0 aliphatic rings. The molecule has 0 radical (unpaired) electrons. The second kappa shape index (κ2) is 9.13. The Bertz CT molecular complexity index is 142. The molecule has 0 aromatic carbocycles. The van der Waals surface area contributed by atoms with Crippen LogP contribution in [0.3, 0.4) is 0 Å². The third-order valence-electron chi connectivity index (χ3n) is 2.34. The lowest BCUT2D eigenvalue weighted by Gasteiger charge is -2.21. The number of methoxy groups -OCH3 is 1. The third kappa shape index (κ3) is 8.85. The minimum Gasteiger partial charge on any atom is -0.382 e. The SMILES string of the molecule is CCCC(C)NCC(C)OC(C)COC. The summed E-state index contributed by atoms with van der Waals surface area (Å²) < 4.78 is 10.8. The van der Waals surface area contributed by atoms with E-state index in [9.17, 15) is 0 Å². The molecule has 0 rings (SSSR count). The van der Waals surface area contributed by atoms with Crippen LogP contribution in [0.1, 0.15) is 40.5 Å². The van der Waals surface area contributed by atoms with E-state index in [-0.39, 0.29) is 12.2 Å². The van der Waals surface area contributed by atoms with Crippen LogP contribution in [0.4, 0.5) is 0 Å². The first kappa shape index (κ1) is 14.9. The van der Waals surface area contributed by atoms with E-state index < -0.39 is 0 Å². The van der Waals surface area contributed by atoms with Crippen molar-refractivity contribution in [2.24, 2.45) is 0 Å². The molecule has 0 bridgehead atoms. The van der Waals surface area contributed by atoms with Gasteiger partial charge in [-0.1, -0.05) is 13.3 Å². The van der Waals surface area contributed by atoms with E-state index in [1.165, 1.54) is 12.8 Å². The molecule has 0 fully saturated rings. The average molecular weight is 217 g/mol. The summed E-state index contributed by atoms with van der Waals surface area (Å²) in [6.45, 7) is 10.1. The first-order valence-electron chi connectivity index (χ1n) is 5.97. The van der Waals surface area contributed by atoms with Crippen LogP contribution in [0.5, 0.6) is 0 Å². The van der Waals surface area contributed by atoms with E-state index in [0.29, 0.717) is 12.6 Å². The van der Waals surface area contributed by atoms with Gasteiger partial charge >= 0.3 is 0 Å². The summed E-state index contributed by atoms with van der Waals surface area (Å²) >= 11 is 0. The second-order valence-electron chi connectivity index (χ2n) is 4.31. The van der Waals surface area contributed by atoms with E-state index in [4.69, 9.17) is 9.47 Å². The van der Waals surface area contributed by atoms with Crippen LogP contribution >= 0.6 is 0 Å². The molecule has 15 heavy (non-hydrogen) atoms. The number of nitrogens with one attached hydrogen (secondary N) is 1. The molecule has 3 heteroatoms. The van der Waals surface area contributed by atoms with Gasteiger partial charge in [-0.3, -0.25) is 0 Å². The molecule has 92 valence electrons. The first-order valence-corrected chi connectivity index (χ1v) is 5.97. The molecule has 0 amide bonds. The largest absolute Gasteiger partial charge is 0.382 e. The maximum Gasteiger partial charge on any atom is 0.0784 e. The quantitative estimate of drug-likeness (QED) is 0.642. The van der Waals surface area contributed by atoms with Crippen LogP contribution in [0.2, 0.25) is 0 Å². The Labute approximate surface area is 94.5 Å². The molecule has 1 N–H and O–H groups in total. The van der Waals surface area contributed by atoms with Gasteiger partial charge in [-0.2, -0.15) is 0 Å². The summed E-state index contributed by atoms with van der Waals surface area (Å²) in [7, 11) is 1.70. The molecule has 3 atom stereocenters. The van der Waals surface area contributed by atoms with Crippen molar-refractivity contribution in [2.75, 3.05) is 20.3 Å². The predicted molar refractivity (Wildman–Crippen MR) is 64.3 cm³/mol. The Morgan fingerprint density at radius 2 is 1.80 bits per heavy atom. The van der Waals surface area contributed by atoms with E-state index in [0.717, 1.165) is 6.54 Å². The number of rotatable bonds is 9. The molecule has 0 saturated heterocycles. The van der Waals surface area contributed by atoms with Crippen LogP contribution in [-0.4, -0.2) is 38.5 Å². The van der Waals surface area contributed by atoms with Crippen molar-refractivity contribution in [2.45, 2.75) is 58.8 Å². The molecule has 0 aromatic heterocycles. The Morgan fingerprint density at radius 3 is 2.33 bits per heavy atom. The van der Waals surface area contributed by atoms with Crippen molar-refractivity contribution in [3.63, 3.8) is 0 Å². The number of hydrogen-bond donors (Lipinski definition) is 1. The lowest BCUT2D eigenvalue weighted by molar-refractivity contribution is -0.0307. The molecular weight excluding hydrogens is 190 g/mol. The normalized spacial score (nSPS) is 17.4. The highest BCUT2D eigenvalue weighted by molar-refractivity contribution is 4.64. The summed E-state index contributed by atoms with van der Waals surface area (Å²) in [5, 5.41) is 3.46. The highest BCUT2D eigenvalue weighted by atomic mass is 16.5. The summed E-state index contributed by atoms with van der Waals surface area (Å²) in [5.74, 6) is 0. The van der Waals surface area contributed by atoms with Crippen LogP contribution in [0.15, 0.2) is 0 Å². The molecule has 0 saturated carbocycles. The lowest BCUT2D eigenvalue weighted by Crippen LogP contribution is -2.35. The summed E-state index contributed by atoms with van der Waals surface area (Å²) in [6, 6.07) is 0.582. The van der Waals surface area contributed by atoms with E-state index in [1.54, 1.807) is 7.11 Å². The zero-order chi connectivity index (χ0) is 11.7. The van der Waals surface area contributed by atoms with Crippen LogP contribution in [0.25, 0.3) is 0 Å². The van der Waals surface area contributed by atoms with Gasteiger partial charge in [-0.25, -0.2) is 0 Å². The Hall–Kier alpha value is -0.120. The highest BCUT2D eigenvalue weighted by Gasteiger charge is 2.09. The maximum atomic E-state index is 5.73. The molecule has 3 nitrogen and oxygen atoms in total. The smallest absolute Gasteiger partial charge is 0.0784 e. The predicted octanol–water partition coefficient (Wildman–Crippen LogP) is 2.20. The fourth-order valence-electron chi connectivity index (χ4n) is 1.62. The zero-order valence-corrected chi connectivity index (χ0v) is 10.9. The highest BCUT2D eigenvalue weighted by Crippen LogP contribution is 2.00. The molecule has 3 unspecified atom stereocenters. The van der Waals surface area contributed by atoms with Gasteiger partial charge in [0.2, 0.25) is 0 Å². The number of ether oxygens (including phenoxy) is 2. The fourth-order valence-corrected chi connectivity index (χ4v) is 1.62. The average Bonchev–Trinajstić information content (AvgIpc) is 2.15. The standard InChI is InChI=1S/C12H27NO2/c1-6-7-10(2)13-8-11(3)15-12(4)9-14-5/h10-13H,6-9H2,1-5H3. The zero-order valence-electron chi connectivity index (χ0n) is 10.9. The molecular formula is C12H27NO2. The van der Waals surface area contributed by atoms with Gasteiger partial charge in [-0.05, 0) is 27.2 Å². The first-order chi connectivity index (χ1) is 7.10. The van der Waals surface area contributed by atoms with Crippen LogP contribution < -0.4 is 5.32 Å². The van der Waals surface area contributed by atoms with E-state index >= 15 is 0 Å². The summed E-state index contributed by atoms with van der Waals surface area (Å²) in [4.78, 5) is 0. The van der Waals surface area contributed by atoms with E-state index in [1.807, 2.05) is 6.92 Å². The van der Waals surface area contributed by atoms with Gasteiger partial charge < -0.3 is 14.8 Å². The fraction of sp³-hybridized carbons (Fsp3) is 1.00. The summed E-state index contributed by atoms with van der Waals surface area (Å²) in [6.07, 6.45) is 2.87. The van der Waals surface area contributed by atoms with Crippen LogP contribution in [-0.2, 0) is 9.47 Å². The van der Waals surface area contributed by atoms with Gasteiger partial charge in [-0.15, -0.1) is 0 Å². The molecule has 0 aliphatic heterocycles. The van der Waals surface area contributed by atoms with Gasteiger partial charge in [0.25, 0.3) is 0 Å². The molecule has 0 aromatic rings. The Kier molecular flexibility index (Phi) is 9.06. The lowest BCUT2D eigenvalue weighted by atomic mass is 10.2. The number of hydrogen-bond acceptors (Lipinski definition) is 3. The maximum absolute atomic E-state index is 5.73. The molecule has 0 heterocycles. The second-order valence-corrected chi connectivity index (χ2v) is 4.31. The van der Waals surface area contributed by atoms with Crippen molar-refractivity contribution < 1.29 is 9.47 Å². The van der Waals surface area contributed by atoms with Gasteiger partial charge in [0.05, 0.1) is 18.8 Å². The summed E-state index contributed by atoms with van der Waals surface area (Å²) in [5.41, 5.74) is 0. The van der Waals surface area contributed by atoms with Gasteiger partial charge in [0.1, 0.15) is 0 Å². The van der Waals surface area contributed by atoms with Crippen molar-refractivity contribution >= 4 is 0 Å².